The number of hydrogen-bond donors (Lipinski definition) is 0. The zero-order chi connectivity index (χ0) is 18.7. The van der Waals surface area contributed by atoms with Gasteiger partial charge in [0, 0.05) is 39.5 Å². The van der Waals surface area contributed by atoms with Crippen LogP contribution in [0, 0.1) is 11.8 Å². The Morgan fingerprint density at radius 1 is 1.15 bits per heavy atom. The Kier molecular flexibility index (Phi) is 6.23. The molecule has 26 heavy (non-hydrogen) atoms. The number of nitrogens with zero attached hydrogens (tertiary/aromatic N) is 2. The zero-order valence-electron chi connectivity index (χ0n) is 16.5. The van der Waals surface area contributed by atoms with E-state index in [0.717, 1.165) is 51.1 Å². The van der Waals surface area contributed by atoms with Gasteiger partial charge in [0.05, 0.1) is 18.3 Å². The van der Waals surface area contributed by atoms with Crippen molar-refractivity contribution < 1.29 is 19.1 Å². The van der Waals surface area contributed by atoms with Crippen LogP contribution in [0.2, 0.25) is 0 Å². The summed E-state index contributed by atoms with van der Waals surface area (Å²) in [6.07, 6.45) is 7.04. The molecule has 0 aromatic rings. The molecule has 2 amide bonds. The van der Waals surface area contributed by atoms with Crippen molar-refractivity contribution in [2.24, 2.45) is 11.8 Å². The fraction of sp³-hybridized carbons (Fsp3) is 0.900. The first kappa shape index (κ1) is 19.6. The third-order valence-electron chi connectivity index (χ3n) is 6.47. The molecule has 1 spiro atoms. The van der Waals surface area contributed by atoms with Crippen LogP contribution in [0.5, 0.6) is 0 Å². The molecule has 3 fully saturated rings. The van der Waals surface area contributed by atoms with Crippen LogP contribution in [0.15, 0.2) is 0 Å². The topological polar surface area (TPSA) is 59.1 Å². The van der Waals surface area contributed by atoms with Crippen LogP contribution in [-0.4, -0.2) is 73.7 Å². The first-order valence-electron chi connectivity index (χ1n) is 10.1. The lowest BCUT2D eigenvalue weighted by Gasteiger charge is -2.40. The van der Waals surface area contributed by atoms with Gasteiger partial charge in [-0.2, -0.15) is 0 Å². The summed E-state index contributed by atoms with van der Waals surface area (Å²) in [5.41, 5.74) is -0.163. The van der Waals surface area contributed by atoms with Crippen molar-refractivity contribution in [3.05, 3.63) is 0 Å². The molecule has 1 saturated carbocycles. The van der Waals surface area contributed by atoms with E-state index in [1.54, 1.807) is 19.0 Å². The first-order valence-corrected chi connectivity index (χ1v) is 10.1. The molecule has 3 rings (SSSR count). The number of carbonyl (C=O) groups is 2. The van der Waals surface area contributed by atoms with Gasteiger partial charge in [-0.25, -0.2) is 0 Å². The summed E-state index contributed by atoms with van der Waals surface area (Å²) in [7, 11) is 3.47. The maximum absolute atomic E-state index is 12.8. The molecule has 1 atom stereocenters. The summed E-state index contributed by atoms with van der Waals surface area (Å²) in [6, 6.07) is 0. The third-order valence-corrected chi connectivity index (χ3v) is 6.47. The van der Waals surface area contributed by atoms with E-state index >= 15 is 0 Å². The van der Waals surface area contributed by atoms with Gasteiger partial charge in [0.25, 0.3) is 0 Å². The molecule has 6 heteroatoms. The van der Waals surface area contributed by atoms with Gasteiger partial charge in [-0.15, -0.1) is 0 Å². The fourth-order valence-electron chi connectivity index (χ4n) is 4.48. The molecule has 148 valence electrons. The van der Waals surface area contributed by atoms with E-state index in [9.17, 15) is 9.59 Å². The van der Waals surface area contributed by atoms with E-state index in [-0.39, 0.29) is 30.1 Å². The lowest BCUT2D eigenvalue weighted by atomic mass is 9.81. The van der Waals surface area contributed by atoms with Crippen molar-refractivity contribution in [1.82, 2.24) is 9.80 Å². The van der Waals surface area contributed by atoms with Crippen LogP contribution in [0.3, 0.4) is 0 Å². The lowest BCUT2D eigenvalue weighted by molar-refractivity contribution is -0.141. The predicted molar refractivity (Wildman–Crippen MR) is 98.7 cm³/mol. The third kappa shape index (κ3) is 4.58. The standard InChI is InChI=1S/C20H34N2O4/c1-15-4-6-16(7-5-15)19(24)22-10-8-20(9-11-22)12-17(13-26-20)25-14-18(23)21(2)3/h15-17H,4-14H2,1-3H3. The number of hydrogen-bond acceptors (Lipinski definition) is 4. The van der Waals surface area contributed by atoms with Crippen LogP contribution in [-0.2, 0) is 19.1 Å². The predicted octanol–water partition coefficient (Wildman–Crippen LogP) is 2.07. The van der Waals surface area contributed by atoms with Crippen molar-refractivity contribution in [2.45, 2.75) is 63.6 Å². The Balaban J connectivity index is 1.43. The fourth-order valence-corrected chi connectivity index (χ4v) is 4.48. The minimum Gasteiger partial charge on any atom is -0.372 e. The van der Waals surface area contributed by atoms with Gasteiger partial charge in [-0.3, -0.25) is 9.59 Å². The molecule has 3 aliphatic rings. The Labute approximate surface area is 157 Å². The second-order valence-corrected chi connectivity index (χ2v) is 8.70. The highest BCUT2D eigenvalue weighted by atomic mass is 16.6. The van der Waals surface area contributed by atoms with Crippen LogP contribution in [0.1, 0.15) is 51.9 Å². The molecule has 1 aliphatic carbocycles. The normalized spacial score (nSPS) is 31.2. The average molecular weight is 367 g/mol. The summed E-state index contributed by atoms with van der Waals surface area (Å²) < 4.78 is 11.8. The molecule has 1 unspecified atom stereocenters. The quantitative estimate of drug-likeness (QED) is 0.764. The van der Waals surface area contributed by atoms with Crippen molar-refractivity contribution >= 4 is 11.8 Å². The van der Waals surface area contributed by atoms with Crippen LogP contribution >= 0.6 is 0 Å². The van der Waals surface area contributed by atoms with Gasteiger partial charge in [0.15, 0.2) is 0 Å². The molecular formula is C20H34N2O4. The summed E-state index contributed by atoms with van der Waals surface area (Å²) >= 11 is 0. The van der Waals surface area contributed by atoms with Crippen LogP contribution in [0.4, 0.5) is 0 Å². The van der Waals surface area contributed by atoms with Gasteiger partial charge < -0.3 is 19.3 Å². The molecule has 2 saturated heterocycles. The second-order valence-electron chi connectivity index (χ2n) is 8.70. The van der Waals surface area contributed by atoms with E-state index in [1.807, 2.05) is 0 Å². The zero-order valence-corrected chi connectivity index (χ0v) is 16.5. The molecule has 2 aliphatic heterocycles. The number of piperidine rings is 1. The van der Waals surface area contributed by atoms with Crippen molar-refractivity contribution in [1.29, 1.82) is 0 Å². The second kappa shape index (κ2) is 8.26. The summed E-state index contributed by atoms with van der Waals surface area (Å²) in [6.45, 7) is 4.52. The Morgan fingerprint density at radius 3 is 2.42 bits per heavy atom. The molecular weight excluding hydrogens is 332 g/mol. The number of likely N-dealkylation sites (tertiary alicyclic amines) is 1. The van der Waals surface area contributed by atoms with Crippen molar-refractivity contribution in [3.63, 3.8) is 0 Å². The molecule has 0 N–H and O–H groups in total. The van der Waals surface area contributed by atoms with E-state index < -0.39 is 0 Å². The number of likely N-dealkylation sites (N-methyl/N-ethyl adjacent to an activating group) is 1. The van der Waals surface area contributed by atoms with Gasteiger partial charge >= 0.3 is 0 Å². The number of rotatable bonds is 4. The van der Waals surface area contributed by atoms with E-state index in [4.69, 9.17) is 9.47 Å². The average Bonchev–Trinajstić information content (AvgIpc) is 3.03. The SMILES string of the molecule is CC1CCC(C(=O)N2CCC3(CC2)CC(OCC(=O)N(C)C)CO3)CC1. The van der Waals surface area contributed by atoms with E-state index in [1.165, 1.54) is 12.8 Å². The van der Waals surface area contributed by atoms with Crippen molar-refractivity contribution in [2.75, 3.05) is 40.4 Å². The molecule has 0 aromatic heterocycles. The van der Waals surface area contributed by atoms with Gasteiger partial charge in [-0.05, 0) is 44.4 Å². The Bertz CT molecular complexity index is 506. The largest absolute Gasteiger partial charge is 0.372 e. The Morgan fingerprint density at radius 2 is 1.81 bits per heavy atom. The summed E-state index contributed by atoms with van der Waals surface area (Å²) in [4.78, 5) is 28.1. The monoisotopic (exact) mass is 366 g/mol. The molecule has 0 bridgehead atoms. The summed E-state index contributed by atoms with van der Waals surface area (Å²) in [5.74, 6) is 1.34. The molecule has 2 heterocycles. The lowest BCUT2D eigenvalue weighted by Crippen LogP contribution is -2.48. The van der Waals surface area contributed by atoms with E-state index in [0.29, 0.717) is 12.5 Å². The molecule has 6 nitrogen and oxygen atoms in total. The van der Waals surface area contributed by atoms with Crippen molar-refractivity contribution in [3.8, 4) is 0 Å². The van der Waals surface area contributed by atoms with Gasteiger partial charge in [0.1, 0.15) is 6.61 Å². The smallest absolute Gasteiger partial charge is 0.248 e. The minimum atomic E-state index is -0.163. The molecule has 0 aromatic carbocycles. The van der Waals surface area contributed by atoms with Gasteiger partial charge in [0.2, 0.25) is 11.8 Å². The number of amides is 2. The summed E-state index contributed by atoms with van der Waals surface area (Å²) in [5, 5.41) is 0. The first-order chi connectivity index (χ1) is 12.4. The van der Waals surface area contributed by atoms with Gasteiger partial charge in [-0.1, -0.05) is 6.92 Å². The highest BCUT2D eigenvalue weighted by Crippen LogP contribution is 2.38. The highest BCUT2D eigenvalue weighted by molar-refractivity contribution is 5.79. The van der Waals surface area contributed by atoms with Crippen LogP contribution in [0.25, 0.3) is 0 Å². The number of carbonyl (C=O) groups excluding carboxylic acids is 2. The maximum Gasteiger partial charge on any atom is 0.248 e. The molecule has 0 radical (unpaired) electrons. The van der Waals surface area contributed by atoms with Crippen LogP contribution < -0.4 is 0 Å². The van der Waals surface area contributed by atoms with E-state index in [2.05, 4.69) is 11.8 Å². The maximum atomic E-state index is 12.8. The Hall–Kier alpha value is -1.14. The number of ether oxygens (including phenoxy) is 2. The highest BCUT2D eigenvalue weighted by Gasteiger charge is 2.44. The minimum absolute atomic E-state index is 0.0130.